The van der Waals surface area contributed by atoms with Gasteiger partial charge in [-0.2, -0.15) is 0 Å². The number of halogens is 2. The van der Waals surface area contributed by atoms with Gasteiger partial charge in [-0.05, 0) is 52.7 Å². The Morgan fingerprint density at radius 3 is 2.85 bits per heavy atom. The number of aryl methyl sites for hydroxylation is 1. The molecule has 2 rings (SSSR count). The van der Waals surface area contributed by atoms with Crippen LogP contribution in [0.25, 0.3) is 0 Å². The summed E-state index contributed by atoms with van der Waals surface area (Å²) in [6, 6.07) is 9.29. The van der Waals surface area contributed by atoms with Crippen molar-refractivity contribution in [1.29, 1.82) is 0 Å². The Morgan fingerprint density at radius 1 is 1.40 bits per heavy atom. The molecule has 1 aromatic heterocycles. The smallest absolute Gasteiger partial charge is 0.234 e. The SMILES string of the molecule is Cc1ccc(NC(=O)CSc2ccc(Br)cn2)c(Cl)c1. The van der Waals surface area contributed by atoms with Gasteiger partial charge in [-0.3, -0.25) is 4.79 Å². The second-order valence-corrected chi connectivity index (χ2v) is 6.45. The Bertz CT molecular complexity index is 619. The van der Waals surface area contributed by atoms with E-state index in [1.165, 1.54) is 11.8 Å². The van der Waals surface area contributed by atoms with Crippen LogP contribution in [0.5, 0.6) is 0 Å². The zero-order chi connectivity index (χ0) is 14.5. The lowest BCUT2D eigenvalue weighted by Crippen LogP contribution is -2.14. The molecule has 0 saturated carbocycles. The van der Waals surface area contributed by atoms with E-state index in [1.807, 2.05) is 31.2 Å². The summed E-state index contributed by atoms with van der Waals surface area (Å²) < 4.78 is 0.915. The summed E-state index contributed by atoms with van der Waals surface area (Å²) in [7, 11) is 0. The maximum atomic E-state index is 11.9. The minimum absolute atomic E-state index is 0.106. The molecule has 0 spiro atoms. The molecule has 0 aliphatic rings. The van der Waals surface area contributed by atoms with E-state index < -0.39 is 0 Å². The van der Waals surface area contributed by atoms with E-state index in [2.05, 4.69) is 26.2 Å². The van der Waals surface area contributed by atoms with Crippen molar-refractivity contribution >= 4 is 50.9 Å². The van der Waals surface area contributed by atoms with Crippen molar-refractivity contribution in [3.05, 3.63) is 51.6 Å². The number of hydrogen-bond acceptors (Lipinski definition) is 3. The van der Waals surface area contributed by atoms with Crippen molar-refractivity contribution in [1.82, 2.24) is 4.98 Å². The van der Waals surface area contributed by atoms with Crippen molar-refractivity contribution in [3.8, 4) is 0 Å². The highest BCUT2D eigenvalue weighted by Gasteiger charge is 2.07. The standard InChI is InChI=1S/C14H12BrClN2OS/c1-9-2-4-12(11(16)6-9)18-13(19)8-20-14-5-3-10(15)7-17-14/h2-7H,8H2,1H3,(H,18,19). The first-order valence-corrected chi connectivity index (χ1v) is 8.00. The van der Waals surface area contributed by atoms with Crippen molar-refractivity contribution in [2.45, 2.75) is 11.9 Å². The zero-order valence-corrected chi connectivity index (χ0v) is 13.8. The Hall–Kier alpha value is -1.04. The van der Waals surface area contributed by atoms with E-state index in [0.717, 1.165) is 15.1 Å². The number of benzene rings is 1. The quantitative estimate of drug-likeness (QED) is 0.802. The van der Waals surface area contributed by atoms with Crippen LogP contribution in [0, 0.1) is 6.92 Å². The number of nitrogens with zero attached hydrogens (tertiary/aromatic N) is 1. The van der Waals surface area contributed by atoms with Crippen LogP contribution >= 0.6 is 39.3 Å². The molecule has 6 heteroatoms. The molecule has 3 nitrogen and oxygen atoms in total. The molecule has 0 bridgehead atoms. The number of thioether (sulfide) groups is 1. The minimum atomic E-state index is -0.106. The number of pyridine rings is 1. The highest BCUT2D eigenvalue weighted by atomic mass is 79.9. The van der Waals surface area contributed by atoms with Gasteiger partial charge in [0.05, 0.1) is 21.5 Å². The van der Waals surface area contributed by atoms with Gasteiger partial charge in [0.1, 0.15) is 0 Å². The van der Waals surface area contributed by atoms with Crippen LogP contribution in [0.1, 0.15) is 5.56 Å². The Morgan fingerprint density at radius 2 is 2.20 bits per heavy atom. The van der Waals surface area contributed by atoms with Crippen LogP contribution in [0.4, 0.5) is 5.69 Å². The van der Waals surface area contributed by atoms with Crippen LogP contribution in [-0.4, -0.2) is 16.6 Å². The average Bonchev–Trinajstić information content (AvgIpc) is 2.41. The van der Waals surface area contributed by atoms with E-state index >= 15 is 0 Å². The summed E-state index contributed by atoms with van der Waals surface area (Å²) in [4.78, 5) is 16.1. The van der Waals surface area contributed by atoms with Crippen molar-refractivity contribution in [2.75, 3.05) is 11.1 Å². The first-order valence-electron chi connectivity index (χ1n) is 5.85. The third-order valence-electron chi connectivity index (χ3n) is 2.45. The lowest BCUT2D eigenvalue weighted by Gasteiger charge is -2.07. The molecule has 20 heavy (non-hydrogen) atoms. The van der Waals surface area contributed by atoms with Crippen molar-refractivity contribution in [2.24, 2.45) is 0 Å². The summed E-state index contributed by atoms with van der Waals surface area (Å²) in [5, 5.41) is 4.14. The molecule has 0 fully saturated rings. The third-order valence-corrected chi connectivity index (χ3v) is 4.18. The van der Waals surface area contributed by atoms with E-state index in [9.17, 15) is 4.79 Å². The van der Waals surface area contributed by atoms with Crippen molar-refractivity contribution < 1.29 is 4.79 Å². The summed E-state index contributed by atoms with van der Waals surface area (Å²) in [6.07, 6.45) is 1.71. The molecule has 0 atom stereocenters. The van der Waals surface area contributed by atoms with Gasteiger partial charge in [-0.1, -0.05) is 29.4 Å². The number of amides is 1. The molecule has 1 aromatic carbocycles. The van der Waals surface area contributed by atoms with Gasteiger partial charge in [0, 0.05) is 10.7 Å². The van der Waals surface area contributed by atoms with E-state index in [0.29, 0.717) is 16.5 Å². The summed E-state index contributed by atoms with van der Waals surface area (Å²) in [5.41, 5.74) is 1.69. The zero-order valence-electron chi connectivity index (χ0n) is 10.7. The number of aromatic nitrogens is 1. The third kappa shape index (κ3) is 4.51. The fourth-order valence-electron chi connectivity index (χ4n) is 1.49. The first kappa shape index (κ1) is 15.4. The molecule has 1 amide bonds. The molecule has 1 N–H and O–H groups in total. The van der Waals surface area contributed by atoms with Gasteiger partial charge >= 0.3 is 0 Å². The van der Waals surface area contributed by atoms with E-state index in [-0.39, 0.29) is 5.91 Å². The number of hydrogen-bond donors (Lipinski definition) is 1. The fraction of sp³-hybridized carbons (Fsp3) is 0.143. The molecule has 0 unspecified atom stereocenters. The number of carbonyl (C=O) groups is 1. The Balaban J connectivity index is 1.90. The highest BCUT2D eigenvalue weighted by molar-refractivity contribution is 9.10. The van der Waals surface area contributed by atoms with Crippen LogP contribution in [0.2, 0.25) is 5.02 Å². The largest absolute Gasteiger partial charge is 0.324 e. The number of rotatable bonds is 4. The van der Waals surface area contributed by atoms with Crippen LogP contribution < -0.4 is 5.32 Å². The lowest BCUT2D eigenvalue weighted by atomic mass is 10.2. The van der Waals surface area contributed by atoms with Crippen LogP contribution in [0.3, 0.4) is 0 Å². The highest BCUT2D eigenvalue weighted by Crippen LogP contribution is 2.23. The average molecular weight is 372 g/mol. The fourth-order valence-corrected chi connectivity index (χ4v) is 2.65. The topological polar surface area (TPSA) is 42.0 Å². The predicted molar refractivity (Wildman–Crippen MR) is 87.5 cm³/mol. The number of carbonyl (C=O) groups excluding carboxylic acids is 1. The second-order valence-electron chi connectivity index (χ2n) is 4.13. The monoisotopic (exact) mass is 370 g/mol. The Labute approximate surface area is 135 Å². The normalized spacial score (nSPS) is 10.3. The molecular formula is C14H12BrClN2OS. The molecule has 0 aliphatic heterocycles. The molecule has 0 aliphatic carbocycles. The summed E-state index contributed by atoms with van der Waals surface area (Å²) in [5.74, 6) is 0.184. The number of anilines is 1. The van der Waals surface area contributed by atoms with Crippen LogP contribution in [-0.2, 0) is 4.79 Å². The predicted octanol–water partition coefficient (Wildman–Crippen LogP) is 4.54. The van der Waals surface area contributed by atoms with Gasteiger partial charge in [-0.25, -0.2) is 4.98 Å². The Kier molecular flexibility index (Phi) is 5.46. The minimum Gasteiger partial charge on any atom is -0.324 e. The van der Waals surface area contributed by atoms with E-state index in [4.69, 9.17) is 11.6 Å². The lowest BCUT2D eigenvalue weighted by molar-refractivity contribution is -0.113. The maximum Gasteiger partial charge on any atom is 0.234 e. The summed E-state index contributed by atoms with van der Waals surface area (Å²) >= 11 is 10.8. The van der Waals surface area contributed by atoms with Crippen LogP contribution in [0.15, 0.2) is 46.0 Å². The molecule has 104 valence electrons. The first-order chi connectivity index (χ1) is 9.54. The number of nitrogens with one attached hydrogen (secondary N) is 1. The molecule has 0 saturated heterocycles. The molecule has 2 aromatic rings. The van der Waals surface area contributed by atoms with Crippen molar-refractivity contribution in [3.63, 3.8) is 0 Å². The molecule has 1 heterocycles. The maximum absolute atomic E-state index is 11.9. The summed E-state index contributed by atoms with van der Waals surface area (Å²) in [6.45, 7) is 1.95. The van der Waals surface area contributed by atoms with Gasteiger partial charge in [0.25, 0.3) is 0 Å². The van der Waals surface area contributed by atoms with Gasteiger partial charge in [-0.15, -0.1) is 0 Å². The second kappa shape index (κ2) is 7.11. The van der Waals surface area contributed by atoms with Gasteiger partial charge in [0.2, 0.25) is 5.91 Å². The van der Waals surface area contributed by atoms with Gasteiger partial charge < -0.3 is 5.32 Å². The van der Waals surface area contributed by atoms with Gasteiger partial charge in [0.15, 0.2) is 0 Å². The van der Waals surface area contributed by atoms with E-state index in [1.54, 1.807) is 12.3 Å². The molecule has 0 radical (unpaired) electrons. The molecular weight excluding hydrogens is 360 g/mol.